The van der Waals surface area contributed by atoms with Crippen molar-refractivity contribution in [3.05, 3.63) is 83.3 Å². The van der Waals surface area contributed by atoms with Crippen LogP contribution in [0.3, 0.4) is 0 Å². The van der Waals surface area contributed by atoms with E-state index in [-0.39, 0.29) is 5.91 Å². The predicted molar refractivity (Wildman–Crippen MR) is 138 cm³/mol. The van der Waals surface area contributed by atoms with Gasteiger partial charge in [0, 0.05) is 5.56 Å². The van der Waals surface area contributed by atoms with E-state index in [1.807, 2.05) is 78.9 Å². The van der Waals surface area contributed by atoms with Crippen LogP contribution < -0.4 is 5.43 Å². The number of rotatable bonds is 4. The average Bonchev–Trinajstić information content (AvgIpc) is 3.51. The lowest BCUT2D eigenvalue weighted by Crippen LogP contribution is -2.33. The first kappa shape index (κ1) is 20.1. The summed E-state index contributed by atoms with van der Waals surface area (Å²) < 4.78 is 7.06. The molecule has 1 amide bonds. The molecule has 3 aromatic carbocycles. The Morgan fingerprint density at radius 1 is 1.00 bits per heavy atom. The van der Waals surface area contributed by atoms with E-state index in [2.05, 4.69) is 15.6 Å². The van der Waals surface area contributed by atoms with Gasteiger partial charge in [-0.05, 0) is 48.1 Å². The molecule has 33 heavy (non-hydrogen) atoms. The number of aromatic nitrogens is 2. The largest absolute Gasteiger partial charge is 0.355 e. The van der Waals surface area contributed by atoms with Crippen LogP contribution in [0.5, 0.6) is 0 Å². The summed E-state index contributed by atoms with van der Waals surface area (Å²) in [6, 6.07) is 23.4. The summed E-state index contributed by atoms with van der Waals surface area (Å²) in [7, 11) is 0. The maximum absolute atomic E-state index is 13.1. The maximum Gasteiger partial charge on any atom is 0.285 e. The molecule has 9 heteroatoms. The predicted octanol–water partition coefficient (Wildman–Crippen LogP) is 6.33. The molecular formula is C24H14N4O2S3. The summed E-state index contributed by atoms with van der Waals surface area (Å²) in [6.45, 7) is 0. The Hall–Kier alpha value is -3.53. The van der Waals surface area contributed by atoms with Crippen molar-refractivity contribution in [1.29, 1.82) is 0 Å². The number of anilines is 1. The molecule has 1 N–H and O–H groups in total. The quantitative estimate of drug-likeness (QED) is 0.235. The number of carbonyl (C=O) groups is 1. The lowest BCUT2D eigenvalue weighted by atomic mass is 10.1. The fourth-order valence-electron chi connectivity index (χ4n) is 3.58. The van der Waals surface area contributed by atoms with Gasteiger partial charge in [-0.3, -0.25) is 10.2 Å². The minimum absolute atomic E-state index is 0.210. The summed E-state index contributed by atoms with van der Waals surface area (Å²) >= 11 is 8.18. The van der Waals surface area contributed by atoms with Crippen LogP contribution >= 0.6 is 35.3 Å². The van der Waals surface area contributed by atoms with Crippen molar-refractivity contribution >= 4 is 77.9 Å². The number of thioether (sulfide) groups is 1. The topological polar surface area (TPSA) is 71.3 Å². The van der Waals surface area contributed by atoms with Crippen LogP contribution in [0.25, 0.3) is 38.5 Å². The van der Waals surface area contributed by atoms with Crippen LogP contribution in [0, 0.1) is 0 Å². The van der Waals surface area contributed by atoms with Gasteiger partial charge in [0.15, 0.2) is 10.1 Å². The monoisotopic (exact) mass is 486 g/mol. The molecule has 0 unspecified atom stereocenters. The molecule has 1 aliphatic rings. The van der Waals surface area contributed by atoms with Gasteiger partial charge < -0.3 is 4.52 Å². The second-order valence-electron chi connectivity index (χ2n) is 7.27. The second-order valence-corrected chi connectivity index (χ2v) is 9.98. The molecule has 2 aromatic heterocycles. The lowest BCUT2D eigenvalue weighted by molar-refractivity contribution is -0.121. The van der Waals surface area contributed by atoms with E-state index < -0.39 is 0 Å². The molecular weight excluding hydrogens is 472 g/mol. The molecule has 6 rings (SSSR count). The van der Waals surface area contributed by atoms with E-state index >= 15 is 0 Å². The van der Waals surface area contributed by atoms with E-state index in [0.717, 1.165) is 32.2 Å². The minimum atomic E-state index is -0.210. The highest BCUT2D eigenvalue weighted by atomic mass is 32.2. The van der Waals surface area contributed by atoms with E-state index in [4.69, 9.17) is 16.7 Å². The van der Waals surface area contributed by atoms with Crippen molar-refractivity contribution in [2.45, 2.75) is 0 Å². The summed E-state index contributed by atoms with van der Waals surface area (Å²) in [5, 5.41) is 7.04. The smallest absolute Gasteiger partial charge is 0.285 e. The molecule has 1 aliphatic heterocycles. The molecule has 0 spiro atoms. The molecule has 5 aromatic rings. The van der Waals surface area contributed by atoms with Crippen LogP contribution in [0.1, 0.15) is 5.56 Å². The van der Waals surface area contributed by atoms with Crippen LogP contribution in [-0.4, -0.2) is 25.4 Å². The number of benzene rings is 3. The number of thiazole rings is 1. The Labute approximate surface area is 201 Å². The number of nitrogens with one attached hydrogen (secondary N) is 1. The first-order chi connectivity index (χ1) is 16.2. The van der Waals surface area contributed by atoms with Gasteiger partial charge in [-0.25, -0.2) is 4.98 Å². The zero-order chi connectivity index (χ0) is 22.4. The van der Waals surface area contributed by atoms with Crippen molar-refractivity contribution in [2.24, 2.45) is 0 Å². The molecule has 0 radical (unpaired) electrons. The third-order valence-electron chi connectivity index (χ3n) is 5.13. The van der Waals surface area contributed by atoms with E-state index in [9.17, 15) is 4.79 Å². The molecule has 1 fully saturated rings. The Bertz CT molecular complexity index is 1540. The Morgan fingerprint density at radius 2 is 1.82 bits per heavy atom. The number of hydrogen-bond donors (Lipinski definition) is 1. The molecule has 0 saturated carbocycles. The van der Waals surface area contributed by atoms with Gasteiger partial charge in [-0.2, -0.15) is 5.01 Å². The fourth-order valence-corrected chi connectivity index (χ4v) is 5.61. The summed E-state index contributed by atoms with van der Waals surface area (Å²) in [6.07, 6.45) is 1.83. The third kappa shape index (κ3) is 3.70. The van der Waals surface area contributed by atoms with Crippen molar-refractivity contribution in [3.63, 3.8) is 0 Å². The van der Waals surface area contributed by atoms with Gasteiger partial charge in [0.1, 0.15) is 5.52 Å². The first-order valence-corrected chi connectivity index (χ1v) is 12.0. The molecule has 0 atom stereocenters. The van der Waals surface area contributed by atoms with E-state index in [1.54, 1.807) is 0 Å². The van der Waals surface area contributed by atoms with Crippen molar-refractivity contribution in [2.75, 3.05) is 5.43 Å². The van der Waals surface area contributed by atoms with E-state index in [1.165, 1.54) is 28.1 Å². The average molecular weight is 487 g/mol. The summed E-state index contributed by atoms with van der Waals surface area (Å²) in [5.41, 5.74) is 6.51. The number of amides is 1. The highest BCUT2D eigenvalue weighted by molar-refractivity contribution is 8.26. The fraction of sp³-hybridized carbons (Fsp3) is 0. The van der Waals surface area contributed by atoms with E-state index in [0.29, 0.717) is 20.1 Å². The molecule has 3 heterocycles. The summed E-state index contributed by atoms with van der Waals surface area (Å²) in [5.74, 6) is 0.490. The van der Waals surface area contributed by atoms with Crippen LogP contribution in [0.15, 0.2) is 82.2 Å². The first-order valence-electron chi connectivity index (χ1n) is 10.0. The third-order valence-corrected chi connectivity index (χ3v) is 7.37. The van der Waals surface area contributed by atoms with Gasteiger partial charge in [-0.15, -0.1) is 0 Å². The lowest BCUT2D eigenvalue weighted by Gasteiger charge is -2.14. The number of thiocarbonyl (C=S) groups is 1. The Morgan fingerprint density at radius 3 is 2.67 bits per heavy atom. The minimum Gasteiger partial charge on any atom is -0.355 e. The van der Waals surface area contributed by atoms with Crippen LogP contribution in [0.4, 0.5) is 5.13 Å². The standard InChI is InChI=1S/C24H14N4O2S3/c29-22-20(33-24(31)28(22)26-23-25-18-8-4-5-9-19(18)32-23)13-14-10-11-17-16(12-14)21(30-27-17)15-6-2-1-3-7-15/h1-13H,(H,25,26)/b20-13-. The van der Waals surface area contributed by atoms with Crippen molar-refractivity contribution in [3.8, 4) is 11.3 Å². The molecule has 6 nitrogen and oxygen atoms in total. The highest BCUT2D eigenvalue weighted by Gasteiger charge is 2.33. The zero-order valence-electron chi connectivity index (χ0n) is 16.9. The zero-order valence-corrected chi connectivity index (χ0v) is 19.3. The second kappa shape index (κ2) is 8.11. The molecule has 1 saturated heterocycles. The van der Waals surface area contributed by atoms with Gasteiger partial charge >= 0.3 is 0 Å². The number of para-hydroxylation sites is 1. The maximum atomic E-state index is 13.1. The van der Waals surface area contributed by atoms with Gasteiger partial charge in [0.25, 0.3) is 5.91 Å². The van der Waals surface area contributed by atoms with Crippen LogP contribution in [0.2, 0.25) is 0 Å². The number of nitrogens with zero attached hydrogens (tertiary/aromatic N) is 3. The number of hydrogen-bond acceptors (Lipinski definition) is 8. The molecule has 160 valence electrons. The number of carbonyl (C=O) groups excluding carboxylic acids is 1. The van der Waals surface area contributed by atoms with Crippen molar-refractivity contribution < 1.29 is 9.32 Å². The van der Waals surface area contributed by atoms with Crippen molar-refractivity contribution in [1.82, 2.24) is 15.1 Å². The number of fused-ring (bicyclic) bond motifs is 2. The van der Waals surface area contributed by atoms with Gasteiger partial charge in [0.2, 0.25) is 5.13 Å². The highest BCUT2D eigenvalue weighted by Crippen LogP contribution is 2.35. The van der Waals surface area contributed by atoms with Gasteiger partial charge in [0.05, 0.1) is 20.5 Å². The normalized spacial score (nSPS) is 15.3. The van der Waals surface area contributed by atoms with Crippen LogP contribution in [-0.2, 0) is 4.79 Å². The Balaban J connectivity index is 1.30. The Kier molecular flexibility index (Phi) is 4.94. The van der Waals surface area contributed by atoms with Gasteiger partial charge in [-0.1, -0.05) is 76.8 Å². The molecule has 0 bridgehead atoms. The molecule has 0 aliphatic carbocycles. The number of hydrazine groups is 1. The SMILES string of the molecule is O=C1/C(=C/c2ccc3noc(-c4ccccc4)c3c2)SC(=S)N1Nc1nc2ccccc2s1. The summed E-state index contributed by atoms with van der Waals surface area (Å²) in [4.78, 5) is 18.1.